The van der Waals surface area contributed by atoms with Gasteiger partial charge < -0.3 is 80.4 Å². The van der Waals surface area contributed by atoms with Crippen molar-refractivity contribution in [2.75, 3.05) is 97.1 Å². The van der Waals surface area contributed by atoms with E-state index in [-0.39, 0.29) is 98.4 Å². The van der Waals surface area contributed by atoms with Gasteiger partial charge in [-0.1, -0.05) is 143 Å². The van der Waals surface area contributed by atoms with Gasteiger partial charge in [-0.15, -0.1) is 0 Å². The van der Waals surface area contributed by atoms with E-state index in [0.717, 1.165) is 25.7 Å². The Hall–Kier alpha value is -9.38. The summed E-state index contributed by atoms with van der Waals surface area (Å²) in [6, 6.07) is 41.9. The number of rotatable bonds is 39. The predicted octanol–water partition coefficient (Wildman–Crippen LogP) is 21.1. The van der Waals surface area contributed by atoms with Crippen molar-refractivity contribution in [3.05, 3.63) is 198 Å². The van der Waals surface area contributed by atoms with Gasteiger partial charge in [0.25, 0.3) is 22.7 Å². The van der Waals surface area contributed by atoms with Crippen molar-refractivity contribution in [1.82, 2.24) is 0 Å². The first-order valence-corrected chi connectivity index (χ1v) is 42.9. The van der Waals surface area contributed by atoms with Crippen LogP contribution in [0.4, 0.5) is 68.2 Å². The molecule has 0 heterocycles. The van der Waals surface area contributed by atoms with E-state index in [1.807, 2.05) is 37.3 Å². The SMILES string of the molecule is CCCC(Nc1c(N)cc([N+](=O)[O-])c2ccccc12)P(=O)(OCC)OCC.CCCCCC(Nc1c(N)cc([N+](=O)[O-])c2ccccc12)P(=O)(OCC)OCC.CCOP(=O)(OCC)C(C)Nc1c(N)cc([N+](=O)[O-])c2ccccc12.CCOP(=O)(OCC)C(Nc1c(N)cc([N+](=O)[O-])c2ccccc12)c1ccccc1. The van der Waals surface area contributed by atoms with E-state index in [9.17, 15) is 58.7 Å². The van der Waals surface area contributed by atoms with E-state index in [4.69, 9.17) is 59.1 Å². The van der Waals surface area contributed by atoms with Gasteiger partial charge >= 0.3 is 30.4 Å². The number of nitro groups is 4. The summed E-state index contributed by atoms with van der Waals surface area (Å²) >= 11 is 0. The minimum atomic E-state index is -3.65. The van der Waals surface area contributed by atoms with Crippen LogP contribution in [0.1, 0.15) is 126 Å². The average Bonchev–Trinajstić information content (AvgIpc) is 0.782. The fourth-order valence-electron chi connectivity index (χ4n) is 12.3. The molecule has 9 aromatic carbocycles. The van der Waals surface area contributed by atoms with Crippen LogP contribution >= 0.6 is 30.4 Å². The first-order valence-electron chi connectivity index (χ1n) is 36.5. The molecule has 36 heteroatoms. The molecule has 4 unspecified atom stereocenters. The summed E-state index contributed by atoms with van der Waals surface area (Å²) in [5.41, 5.74) is 27.6. The minimum Gasteiger partial charge on any atom is -0.397 e. The van der Waals surface area contributed by atoms with Gasteiger partial charge in [-0.2, -0.15) is 0 Å². The number of hydrogen-bond donors (Lipinski definition) is 8. The quantitative estimate of drug-likeness (QED) is 0.00583. The van der Waals surface area contributed by atoms with Crippen molar-refractivity contribution >= 4 is 142 Å². The molecule has 9 rings (SSSR count). The Balaban J connectivity index is 0.000000231. The van der Waals surface area contributed by atoms with Crippen LogP contribution in [0.3, 0.4) is 0 Å². The van der Waals surface area contributed by atoms with Gasteiger partial charge in [0.1, 0.15) is 17.3 Å². The maximum absolute atomic E-state index is 13.7. The summed E-state index contributed by atoms with van der Waals surface area (Å²) in [6.07, 6.45) is 4.67. The van der Waals surface area contributed by atoms with Crippen molar-refractivity contribution in [1.29, 1.82) is 0 Å². The number of nitrogens with two attached hydrogens (primary N) is 4. The van der Waals surface area contributed by atoms with Crippen LogP contribution in [0, 0.1) is 40.5 Å². The average molecular weight is 1620 g/mol. The van der Waals surface area contributed by atoms with Crippen LogP contribution in [0.5, 0.6) is 0 Å². The lowest BCUT2D eigenvalue weighted by Crippen LogP contribution is -2.23. The van der Waals surface area contributed by atoms with Gasteiger partial charge in [0.05, 0.1) is 140 Å². The highest BCUT2D eigenvalue weighted by molar-refractivity contribution is 7.55. The molecule has 602 valence electrons. The third-order valence-electron chi connectivity index (χ3n) is 17.0. The largest absolute Gasteiger partial charge is 0.397 e. The van der Waals surface area contributed by atoms with Crippen molar-refractivity contribution in [2.45, 2.75) is 138 Å². The third-order valence-corrected chi connectivity index (χ3v) is 26.4. The first kappa shape index (κ1) is 90.5. The molecule has 32 nitrogen and oxygen atoms in total. The molecule has 0 radical (unpaired) electrons. The molecule has 0 saturated heterocycles. The van der Waals surface area contributed by atoms with Gasteiger partial charge in [-0.25, -0.2) is 0 Å². The van der Waals surface area contributed by atoms with Crippen LogP contribution in [0.2, 0.25) is 0 Å². The highest BCUT2D eigenvalue weighted by atomic mass is 31.2. The van der Waals surface area contributed by atoms with Crippen LogP contribution in [0.25, 0.3) is 43.1 Å². The summed E-state index contributed by atoms with van der Waals surface area (Å²) in [6.45, 7) is 21.6. The smallest absolute Gasteiger partial charge is 0.357 e. The monoisotopic (exact) mass is 1610 g/mol. The first-order chi connectivity index (χ1) is 53.0. The van der Waals surface area contributed by atoms with Crippen LogP contribution < -0.4 is 44.2 Å². The van der Waals surface area contributed by atoms with Crippen LogP contribution in [-0.4, -0.2) is 89.9 Å². The zero-order valence-corrected chi connectivity index (χ0v) is 67.8. The molecule has 0 aromatic heterocycles. The molecule has 0 aliphatic carbocycles. The van der Waals surface area contributed by atoms with E-state index in [0.29, 0.717) is 84.2 Å². The summed E-state index contributed by atoms with van der Waals surface area (Å²) in [4.78, 5) is 43.7. The summed E-state index contributed by atoms with van der Waals surface area (Å²) in [5, 5.41) is 62.4. The van der Waals surface area contributed by atoms with E-state index >= 15 is 0 Å². The number of unbranched alkanes of at least 4 members (excludes halogenated alkanes) is 2. The molecular weight excluding hydrogens is 1510 g/mol. The second-order valence-corrected chi connectivity index (χ2v) is 33.5. The Morgan fingerprint density at radius 1 is 0.333 bits per heavy atom. The van der Waals surface area contributed by atoms with Crippen molar-refractivity contribution < 1.29 is 74.1 Å². The number of nitro benzene ring substituents is 4. The Morgan fingerprint density at radius 3 is 0.883 bits per heavy atom. The lowest BCUT2D eigenvalue weighted by atomic mass is 10.0. The molecule has 0 amide bonds. The van der Waals surface area contributed by atoms with Gasteiger partial charge in [-0.3, -0.25) is 58.7 Å². The Bertz CT molecular complexity index is 4820. The fraction of sp³-hybridized carbons (Fsp3) is 0.387. The summed E-state index contributed by atoms with van der Waals surface area (Å²) < 4.78 is 97.3. The highest BCUT2D eigenvalue weighted by Gasteiger charge is 2.41. The number of benzene rings is 9. The number of non-ortho nitro benzene ring substituents is 4. The zero-order valence-electron chi connectivity index (χ0n) is 64.2. The van der Waals surface area contributed by atoms with Crippen molar-refractivity contribution in [3.8, 4) is 0 Å². The molecular formula is C75H102N12O20P4. The second-order valence-electron chi connectivity index (χ2n) is 24.5. The molecule has 4 atom stereocenters. The Kier molecular flexibility index (Phi) is 35.0. The minimum absolute atomic E-state index is 0.0658. The van der Waals surface area contributed by atoms with Gasteiger partial charge in [0.15, 0.2) is 5.78 Å². The van der Waals surface area contributed by atoms with Crippen LogP contribution in [-0.2, 0) is 54.5 Å². The highest BCUT2D eigenvalue weighted by Crippen LogP contribution is 2.62. The Morgan fingerprint density at radius 2 is 0.595 bits per heavy atom. The maximum Gasteiger partial charge on any atom is 0.357 e. The predicted molar refractivity (Wildman–Crippen MR) is 443 cm³/mol. The van der Waals surface area contributed by atoms with Crippen molar-refractivity contribution in [3.63, 3.8) is 0 Å². The van der Waals surface area contributed by atoms with E-state index in [2.05, 4.69) is 28.2 Å². The maximum atomic E-state index is 13.7. The molecule has 0 aliphatic rings. The van der Waals surface area contributed by atoms with Crippen LogP contribution in [0.15, 0.2) is 152 Å². The number of hydrogen-bond acceptors (Lipinski definition) is 28. The molecule has 0 aliphatic heterocycles. The zero-order chi connectivity index (χ0) is 81.8. The molecule has 0 fully saturated rings. The van der Waals surface area contributed by atoms with E-state index in [1.54, 1.807) is 159 Å². The number of nitrogens with zero attached hydrogens (tertiary/aromatic N) is 4. The molecule has 0 saturated carbocycles. The van der Waals surface area contributed by atoms with Gasteiger partial charge in [-0.05, 0) is 105 Å². The number of nitrogen functional groups attached to an aromatic ring is 4. The number of anilines is 8. The normalized spacial score (nSPS) is 12.8. The van der Waals surface area contributed by atoms with E-state index < -0.39 is 73.2 Å². The second kappa shape index (κ2) is 42.9. The molecule has 9 aromatic rings. The topological polar surface area (TPSA) is 467 Å². The molecule has 12 N–H and O–H groups in total. The fourth-order valence-corrected chi connectivity index (χ4v) is 19.7. The summed E-state index contributed by atoms with van der Waals surface area (Å²) in [7, 11) is -14.0. The number of fused-ring (bicyclic) bond motifs is 4. The van der Waals surface area contributed by atoms with E-state index in [1.165, 1.54) is 24.3 Å². The van der Waals surface area contributed by atoms with Gasteiger partial charge in [0, 0.05) is 45.8 Å². The summed E-state index contributed by atoms with van der Waals surface area (Å²) in [5.74, 6) is -2.76. The molecule has 0 bridgehead atoms. The number of nitrogens with one attached hydrogen (secondary N) is 4. The molecule has 0 spiro atoms. The lowest BCUT2D eigenvalue weighted by Gasteiger charge is -2.29. The Labute approximate surface area is 645 Å². The van der Waals surface area contributed by atoms with Gasteiger partial charge in [0.2, 0.25) is 0 Å². The van der Waals surface area contributed by atoms with Crippen molar-refractivity contribution in [2.24, 2.45) is 0 Å². The standard InChI is InChI=1S/C21H24N3O5P.C20H30N3O5P.C18H26N3O5P.C16H22N3O5P/c1-3-28-30(27,29-4-2)21(15-10-6-5-7-11-15)23-20-17-13-9-8-12-16(17)19(24(25)26)14-18(20)22;1-4-7-8-13-19(29(26,27-5-2)28-6-3)22-20-16-12-10-9-11-15(16)18(23(24)25)14-17(20)21;1-4-9-17(27(24,25-5-2)26-6-3)20-18-14-11-8-7-10-13(14)16(21(22)23)12-15(18)19;1-4-23-25(22,24-5-2)11(3)18-16-13-9-7-6-8-12(13)15(19(20)21)10-14(16)17/h5-14,21,23H,3-4,22H2,1-2H3;9-12,14,19,22H,4-8,13,21H2,1-3H3;7-8,10-12,17,20H,4-6,9,19H2,1-3H3;6-11,18H,4-5,17H2,1-3H3. The third kappa shape index (κ3) is 22.9. The molecule has 111 heavy (non-hydrogen) atoms. The lowest BCUT2D eigenvalue weighted by molar-refractivity contribution is -0.383.